The van der Waals surface area contributed by atoms with Crippen LogP contribution in [0.25, 0.3) is 0 Å². The Morgan fingerprint density at radius 2 is 1.88 bits per heavy atom. The minimum absolute atomic E-state index is 0.248. The molecule has 2 N–H and O–H groups in total. The number of aryl methyl sites for hydroxylation is 1. The molecule has 0 bridgehead atoms. The minimum atomic E-state index is -4.21. The zero-order valence-corrected chi connectivity index (χ0v) is 14.1. The van der Waals surface area contributed by atoms with Gasteiger partial charge in [0.1, 0.15) is 5.82 Å². The third-order valence-electron chi connectivity index (χ3n) is 3.56. The summed E-state index contributed by atoms with van der Waals surface area (Å²) < 4.78 is 38.8. The minimum Gasteiger partial charge on any atom is -0.356 e. The van der Waals surface area contributed by atoms with Gasteiger partial charge in [0.15, 0.2) is 11.8 Å². The zero-order valence-electron chi connectivity index (χ0n) is 14.1. The molecule has 0 unspecified atom stereocenters. The van der Waals surface area contributed by atoms with Crippen LogP contribution in [0, 0.1) is 6.92 Å². The van der Waals surface area contributed by atoms with E-state index in [0.29, 0.717) is 24.9 Å². The van der Waals surface area contributed by atoms with Gasteiger partial charge in [0.2, 0.25) is 0 Å². The maximum atomic E-state index is 12.3. The van der Waals surface area contributed by atoms with Crippen molar-refractivity contribution in [1.29, 1.82) is 0 Å². The third-order valence-corrected chi connectivity index (χ3v) is 3.56. The summed E-state index contributed by atoms with van der Waals surface area (Å²) in [4.78, 5) is 4.33. The molecule has 0 saturated carbocycles. The summed E-state index contributed by atoms with van der Waals surface area (Å²) in [6.45, 7) is 2.24. The number of nitrogens with zero attached hydrogens (tertiary/aromatic N) is 4. The van der Waals surface area contributed by atoms with Gasteiger partial charge in [0, 0.05) is 13.6 Å². The van der Waals surface area contributed by atoms with E-state index < -0.39 is 12.6 Å². The first-order valence-corrected chi connectivity index (χ1v) is 7.83. The summed E-state index contributed by atoms with van der Waals surface area (Å²) in [6, 6.07) is 9.48. The lowest BCUT2D eigenvalue weighted by Crippen LogP contribution is -2.39. The maximum absolute atomic E-state index is 12.3. The Kier molecular flexibility index (Phi) is 6.37. The molecule has 0 radical (unpaired) electrons. The quantitative estimate of drug-likeness (QED) is 0.617. The molecule has 2 aromatic rings. The van der Waals surface area contributed by atoms with Crippen molar-refractivity contribution in [3.8, 4) is 0 Å². The van der Waals surface area contributed by atoms with E-state index in [1.54, 1.807) is 4.57 Å². The second kappa shape index (κ2) is 8.50. The number of aromatic nitrogens is 3. The van der Waals surface area contributed by atoms with Crippen LogP contribution < -0.4 is 10.6 Å². The molecule has 136 valence electrons. The fourth-order valence-electron chi connectivity index (χ4n) is 2.02. The monoisotopic (exact) mass is 354 g/mol. The molecule has 0 aliphatic rings. The topological polar surface area (TPSA) is 67.1 Å². The molecular weight excluding hydrogens is 333 g/mol. The highest BCUT2D eigenvalue weighted by Gasteiger charge is 2.26. The second-order valence-corrected chi connectivity index (χ2v) is 5.52. The first kappa shape index (κ1) is 18.8. The van der Waals surface area contributed by atoms with Gasteiger partial charge < -0.3 is 15.2 Å². The van der Waals surface area contributed by atoms with E-state index in [9.17, 15) is 13.2 Å². The van der Waals surface area contributed by atoms with Crippen LogP contribution in [0.3, 0.4) is 0 Å². The Morgan fingerprint density at radius 1 is 1.16 bits per heavy atom. The average molecular weight is 354 g/mol. The van der Waals surface area contributed by atoms with Gasteiger partial charge >= 0.3 is 6.18 Å². The van der Waals surface area contributed by atoms with Gasteiger partial charge in [-0.25, -0.2) is 4.99 Å². The van der Waals surface area contributed by atoms with Crippen molar-refractivity contribution in [3.63, 3.8) is 0 Å². The molecule has 1 aromatic heterocycles. The van der Waals surface area contributed by atoms with Crippen LogP contribution in [-0.4, -0.2) is 33.4 Å². The molecule has 6 nitrogen and oxygen atoms in total. The highest BCUT2D eigenvalue weighted by Crippen LogP contribution is 2.18. The van der Waals surface area contributed by atoms with Crippen LogP contribution in [0.15, 0.2) is 35.3 Å². The molecule has 1 aromatic carbocycles. The van der Waals surface area contributed by atoms with Crippen LogP contribution in [0.2, 0.25) is 0 Å². The van der Waals surface area contributed by atoms with E-state index in [1.165, 1.54) is 0 Å². The van der Waals surface area contributed by atoms with E-state index in [-0.39, 0.29) is 6.54 Å². The number of halogens is 3. The fraction of sp³-hybridized carbons (Fsp3) is 0.438. The lowest BCUT2D eigenvalue weighted by atomic mass is 10.2. The van der Waals surface area contributed by atoms with E-state index >= 15 is 0 Å². The molecule has 0 aliphatic carbocycles. The lowest BCUT2D eigenvalue weighted by molar-refractivity contribution is -0.132. The van der Waals surface area contributed by atoms with Crippen LogP contribution in [0.1, 0.15) is 23.6 Å². The second-order valence-electron chi connectivity index (χ2n) is 5.52. The van der Waals surface area contributed by atoms with E-state index in [2.05, 4.69) is 25.8 Å². The summed E-state index contributed by atoms with van der Waals surface area (Å²) in [5.74, 6) is 1.72. The first-order chi connectivity index (χ1) is 11.8. The van der Waals surface area contributed by atoms with Crippen molar-refractivity contribution in [1.82, 2.24) is 25.4 Å². The fourth-order valence-corrected chi connectivity index (χ4v) is 2.02. The number of hydrogen-bond acceptors (Lipinski definition) is 3. The molecule has 0 atom stereocenters. The summed E-state index contributed by atoms with van der Waals surface area (Å²) in [5.41, 5.74) is 0.967. The van der Waals surface area contributed by atoms with Gasteiger partial charge in [-0.1, -0.05) is 30.3 Å². The molecule has 0 saturated heterocycles. The normalized spacial score (nSPS) is 12.3. The molecule has 25 heavy (non-hydrogen) atoms. The van der Waals surface area contributed by atoms with Gasteiger partial charge in [-0.05, 0) is 12.5 Å². The smallest absolute Gasteiger partial charge is 0.356 e. The van der Waals surface area contributed by atoms with E-state index in [1.807, 2.05) is 44.3 Å². The highest BCUT2D eigenvalue weighted by molar-refractivity contribution is 5.79. The molecule has 9 heteroatoms. The van der Waals surface area contributed by atoms with Crippen molar-refractivity contribution in [2.24, 2.45) is 12.0 Å². The van der Waals surface area contributed by atoms with Crippen molar-refractivity contribution >= 4 is 5.96 Å². The predicted molar refractivity (Wildman–Crippen MR) is 88.8 cm³/mol. The van der Waals surface area contributed by atoms with Gasteiger partial charge in [-0.15, -0.1) is 10.2 Å². The Morgan fingerprint density at radius 3 is 2.48 bits per heavy atom. The van der Waals surface area contributed by atoms with Crippen LogP contribution in [0.4, 0.5) is 13.2 Å². The summed E-state index contributed by atoms with van der Waals surface area (Å²) in [5, 5.41) is 13.7. The number of guanidine groups is 1. The number of nitrogens with one attached hydrogen (secondary N) is 2. The first-order valence-electron chi connectivity index (χ1n) is 7.83. The molecule has 0 spiro atoms. The maximum Gasteiger partial charge on any atom is 0.390 e. The number of benzene rings is 1. The van der Waals surface area contributed by atoms with Crippen molar-refractivity contribution in [2.45, 2.75) is 32.6 Å². The van der Waals surface area contributed by atoms with Gasteiger partial charge in [-0.3, -0.25) is 0 Å². The van der Waals surface area contributed by atoms with Gasteiger partial charge in [-0.2, -0.15) is 13.2 Å². The van der Waals surface area contributed by atoms with Crippen LogP contribution in [0.5, 0.6) is 0 Å². The largest absolute Gasteiger partial charge is 0.390 e. The van der Waals surface area contributed by atoms with Crippen LogP contribution in [-0.2, 0) is 20.1 Å². The molecule has 1 heterocycles. The average Bonchev–Trinajstić information content (AvgIpc) is 2.88. The van der Waals surface area contributed by atoms with Gasteiger partial charge in [0.05, 0.1) is 19.5 Å². The molecule has 0 fully saturated rings. The molecule has 0 amide bonds. The van der Waals surface area contributed by atoms with Crippen molar-refractivity contribution in [3.05, 3.63) is 47.5 Å². The SMILES string of the molecule is Cc1nnc(CNC(=NCc2ccccc2)NCCC(F)(F)F)n1C. The van der Waals surface area contributed by atoms with Gasteiger partial charge in [0.25, 0.3) is 0 Å². The highest BCUT2D eigenvalue weighted by atomic mass is 19.4. The summed E-state index contributed by atoms with van der Waals surface area (Å²) >= 11 is 0. The Hall–Kier alpha value is -2.58. The van der Waals surface area contributed by atoms with Crippen molar-refractivity contribution in [2.75, 3.05) is 6.54 Å². The van der Waals surface area contributed by atoms with E-state index in [0.717, 1.165) is 11.4 Å². The summed E-state index contributed by atoms with van der Waals surface area (Å²) in [6.07, 6.45) is -5.14. The van der Waals surface area contributed by atoms with Crippen LogP contribution >= 0.6 is 0 Å². The van der Waals surface area contributed by atoms with E-state index in [4.69, 9.17) is 0 Å². The zero-order chi connectivity index (χ0) is 18.3. The number of alkyl halides is 3. The predicted octanol–water partition coefficient (Wildman–Crippen LogP) is 2.31. The molecule has 0 aliphatic heterocycles. The molecular formula is C16H21F3N6. The Bertz CT molecular complexity index is 694. The standard InChI is InChI=1S/C16H21F3N6/c1-12-23-24-14(25(12)2)11-22-15(20-9-8-16(17,18)19)21-10-13-6-4-3-5-7-13/h3-7H,8-11H2,1-2H3,(H2,20,21,22). The summed E-state index contributed by atoms with van der Waals surface area (Å²) in [7, 11) is 1.82. The molecule has 2 rings (SSSR count). The lowest BCUT2D eigenvalue weighted by Gasteiger charge is -2.13. The number of hydrogen-bond donors (Lipinski definition) is 2. The number of rotatable bonds is 6. The Balaban J connectivity index is 1.98. The Labute approximate surface area is 144 Å². The number of aliphatic imine (C=N–C) groups is 1. The third kappa shape index (κ3) is 6.44. The van der Waals surface area contributed by atoms with Crippen molar-refractivity contribution < 1.29 is 13.2 Å².